The lowest BCUT2D eigenvalue weighted by molar-refractivity contribution is -0.120. The van der Waals surface area contributed by atoms with E-state index >= 15 is 0 Å². The van der Waals surface area contributed by atoms with E-state index in [0.717, 1.165) is 27.2 Å². The SMILES string of the molecule is COc1ccc(S[C@@H](C)C(=O)NCCSCc2ccc(Cl)cc2)cc1. The number of carbonyl (C=O) groups excluding carboxylic acids is 1. The maximum atomic E-state index is 12.2. The molecule has 2 aromatic rings. The summed E-state index contributed by atoms with van der Waals surface area (Å²) in [5.41, 5.74) is 1.24. The maximum Gasteiger partial charge on any atom is 0.233 e. The van der Waals surface area contributed by atoms with E-state index in [0.29, 0.717) is 6.54 Å². The number of thioether (sulfide) groups is 2. The molecule has 2 rings (SSSR count). The Morgan fingerprint density at radius 3 is 2.48 bits per heavy atom. The van der Waals surface area contributed by atoms with E-state index in [2.05, 4.69) is 5.32 Å². The zero-order chi connectivity index (χ0) is 18.1. The Labute approximate surface area is 162 Å². The molecule has 134 valence electrons. The molecule has 0 aliphatic heterocycles. The molecular formula is C19H22ClNO2S2. The maximum absolute atomic E-state index is 12.2. The van der Waals surface area contributed by atoms with Crippen molar-refractivity contribution < 1.29 is 9.53 Å². The van der Waals surface area contributed by atoms with E-state index in [4.69, 9.17) is 16.3 Å². The van der Waals surface area contributed by atoms with Crippen LogP contribution in [0.3, 0.4) is 0 Å². The van der Waals surface area contributed by atoms with Gasteiger partial charge in [0.1, 0.15) is 5.75 Å². The van der Waals surface area contributed by atoms with Gasteiger partial charge in [0.05, 0.1) is 12.4 Å². The lowest BCUT2D eigenvalue weighted by Gasteiger charge is -2.12. The number of halogens is 1. The van der Waals surface area contributed by atoms with E-state index in [1.54, 1.807) is 30.6 Å². The molecule has 3 nitrogen and oxygen atoms in total. The fourth-order valence-electron chi connectivity index (χ4n) is 2.07. The second-order valence-electron chi connectivity index (χ2n) is 5.41. The first-order valence-electron chi connectivity index (χ1n) is 7.99. The first-order chi connectivity index (χ1) is 12.1. The quantitative estimate of drug-likeness (QED) is 0.485. The summed E-state index contributed by atoms with van der Waals surface area (Å²) in [5, 5.41) is 3.62. The van der Waals surface area contributed by atoms with E-state index in [9.17, 15) is 4.79 Å². The molecule has 0 aliphatic carbocycles. The van der Waals surface area contributed by atoms with Gasteiger partial charge in [0.25, 0.3) is 0 Å². The van der Waals surface area contributed by atoms with Gasteiger partial charge >= 0.3 is 0 Å². The molecule has 1 N–H and O–H groups in total. The highest BCUT2D eigenvalue weighted by molar-refractivity contribution is 8.00. The van der Waals surface area contributed by atoms with Gasteiger partial charge in [0.2, 0.25) is 5.91 Å². The summed E-state index contributed by atoms with van der Waals surface area (Å²) in [6, 6.07) is 15.6. The molecule has 2 aromatic carbocycles. The predicted molar refractivity (Wildman–Crippen MR) is 109 cm³/mol. The van der Waals surface area contributed by atoms with Crippen LogP contribution in [-0.2, 0) is 10.5 Å². The zero-order valence-corrected chi connectivity index (χ0v) is 16.7. The van der Waals surface area contributed by atoms with Gasteiger partial charge in [0.15, 0.2) is 0 Å². The van der Waals surface area contributed by atoms with Gasteiger partial charge in [-0.15, -0.1) is 11.8 Å². The normalized spacial score (nSPS) is 11.8. The highest BCUT2D eigenvalue weighted by atomic mass is 35.5. The molecule has 1 amide bonds. The van der Waals surface area contributed by atoms with Crippen molar-refractivity contribution >= 4 is 41.0 Å². The standard InChI is InChI=1S/C19H22ClNO2S2/c1-14(25-18-9-7-17(23-2)8-10-18)19(22)21-11-12-24-13-15-3-5-16(20)6-4-15/h3-10,14H,11-13H2,1-2H3,(H,21,22)/t14-/m0/s1. The summed E-state index contributed by atoms with van der Waals surface area (Å²) < 4.78 is 5.14. The molecule has 0 bridgehead atoms. The lowest BCUT2D eigenvalue weighted by atomic mass is 10.2. The molecule has 0 saturated carbocycles. The molecule has 1 atom stereocenters. The summed E-state index contributed by atoms with van der Waals surface area (Å²) in [6.07, 6.45) is 0. The molecule has 0 radical (unpaired) electrons. The van der Waals surface area contributed by atoms with Crippen molar-refractivity contribution in [3.8, 4) is 5.75 Å². The third-order valence-electron chi connectivity index (χ3n) is 3.47. The van der Waals surface area contributed by atoms with Crippen molar-refractivity contribution in [3.05, 3.63) is 59.1 Å². The fraction of sp³-hybridized carbons (Fsp3) is 0.316. The van der Waals surface area contributed by atoms with Crippen molar-refractivity contribution in [2.45, 2.75) is 22.8 Å². The van der Waals surface area contributed by atoms with Gasteiger partial charge in [0, 0.05) is 28.0 Å². The van der Waals surface area contributed by atoms with Crippen LogP contribution in [0.25, 0.3) is 0 Å². The number of amides is 1. The molecule has 0 spiro atoms. The molecule has 0 aromatic heterocycles. The summed E-state index contributed by atoms with van der Waals surface area (Å²) >= 11 is 9.21. The molecule has 6 heteroatoms. The molecule has 0 aliphatic rings. The monoisotopic (exact) mass is 395 g/mol. The molecule has 0 saturated heterocycles. The van der Waals surface area contributed by atoms with E-state index in [1.165, 1.54) is 5.56 Å². The topological polar surface area (TPSA) is 38.3 Å². The minimum atomic E-state index is -0.130. The van der Waals surface area contributed by atoms with Crippen molar-refractivity contribution in [1.29, 1.82) is 0 Å². The Morgan fingerprint density at radius 2 is 1.84 bits per heavy atom. The number of rotatable bonds is 9. The van der Waals surface area contributed by atoms with Crippen molar-refractivity contribution in [3.63, 3.8) is 0 Å². The largest absolute Gasteiger partial charge is 0.497 e. The number of hydrogen-bond donors (Lipinski definition) is 1. The minimum Gasteiger partial charge on any atom is -0.497 e. The van der Waals surface area contributed by atoms with Crippen molar-refractivity contribution in [1.82, 2.24) is 5.32 Å². The number of benzene rings is 2. The average Bonchev–Trinajstić information content (AvgIpc) is 2.63. The number of ether oxygens (including phenoxy) is 1. The summed E-state index contributed by atoms with van der Waals surface area (Å²) in [7, 11) is 1.64. The Balaban J connectivity index is 1.64. The van der Waals surface area contributed by atoms with E-state index in [-0.39, 0.29) is 11.2 Å². The van der Waals surface area contributed by atoms with Crippen LogP contribution in [0.5, 0.6) is 5.75 Å². The van der Waals surface area contributed by atoms with Crippen LogP contribution in [-0.4, -0.2) is 30.6 Å². The summed E-state index contributed by atoms with van der Waals surface area (Å²) in [5.74, 6) is 2.68. The third-order valence-corrected chi connectivity index (χ3v) is 5.86. The molecule has 0 fully saturated rings. The lowest BCUT2D eigenvalue weighted by Crippen LogP contribution is -2.32. The number of methoxy groups -OCH3 is 1. The van der Waals surface area contributed by atoms with E-state index < -0.39 is 0 Å². The van der Waals surface area contributed by atoms with Crippen LogP contribution in [0.1, 0.15) is 12.5 Å². The van der Waals surface area contributed by atoms with Crippen LogP contribution in [0.2, 0.25) is 5.02 Å². The smallest absolute Gasteiger partial charge is 0.233 e. The van der Waals surface area contributed by atoms with Gasteiger partial charge in [-0.2, -0.15) is 11.8 Å². The first-order valence-corrected chi connectivity index (χ1v) is 10.4. The first kappa shape index (κ1) is 20.0. The Morgan fingerprint density at radius 1 is 1.16 bits per heavy atom. The Hall–Kier alpha value is -1.30. The fourth-order valence-corrected chi connectivity index (χ4v) is 3.91. The van der Waals surface area contributed by atoms with Crippen LogP contribution in [0.15, 0.2) is 53.4 Å². The minimum absolute atomic E-state index is 0.0629. The Bertz CT molecular complexity index is 662. The summed E-state index contributed by atoms with van der Waals surface area (Å²) in [6.45, 7) is 2.59. The second kappa shape index (κ2) is 10.6. The molecule has 0 heterocycles. The molecule has 25 heavy (non-hydrogen) atoms. The van der Waals surface area contributed by atoms with Gasteiger partial charge in [-0.1, -0.05) is 23.7 Å². The summed E-state index contributed by atoms with van der Waals surface area (Å²) in [4.78, 5) is 13.2. The predicted octanol–water partition coefficient (Wildman–Crippen LogP) is 4.88. The number of hydrogen-bond acceptors (Lipinski definition) is 4. The molecular weight excluding hydrogens is 374 g/mol. The zero-order valence-electron chi connectivity index (χ0n) is 14.3. The highest BCUT2D eigenvalue weighted by Gasteiger charge is 2.13. The van der Waals surface area contributed by atoms with Gasteiger partial charge in [-0.3, -0.25) is 4.79 Å². The van der Waals surface area contributed by atoms with Crippen molar-refractivity contribution in [2.75, 3.05) is 19.4 Å². The number of carbonyl (C=O) groups is 1. The molecule has 0 unspecified atom stereocenters. The van der Waals surface area contributed by atoms with Crippen LogP contribution < -0.4 is 10.1 Å². The third kappa shape index (κ3) is 7.22. The van der Waals surface area contributed by atoms with Crippen LogP contribution in [0, 0.1) is 0 Å². The highest BCUT2D eigenvalue weighted by Crippen LogP contribution is 2.25. The van der Waals surface area contributed by atoms with Crippen molar-refractivity contribution in [2.24, 2.45) is 0 Å². The van der Waals surface area contributed by atoms with Gasteiger partial charge in [-0.25, -0.2) is 0 Å². The number of nitrogens with one attached hydrogen (secondary N) is 1. The second-order valence-corrected chi connectivity index (χ2v) is 8.36. The van der Waals surface area contributed by atoms with Crippen LogP contribution in [0.4, 0.5) is 0 Å². The van der Waals surface area contributed by atoms with Crippen LogP contribution >= 0.6 is 35.1 Å². The average molecular weight is 396 g/mol. The Kier molecular flexibility index (Phi) is 8.52. The van der Waals surface area contributed by atoms with Gasteiger partial charge < -0.3 is 10.1 Å². The van der Waals surface area contributed by atoms with E-state index in [1.807, 2.05) is 55.5 Å². The van der Waals surface area contributed by atoms with Gasteiger partial charge in [-0.05, 0) is 48.9 Å².